The van der Waals surface area contributed by atoms with Crippen molar-refractivity contribution < 1.29 is 9.47 Å². The van der Waals surface area contributed by atoms with Gasteiger partial charge in [0.25, 0.3) is 0 Å². The molecule has 0 heterocycles. The Morgan fingerprint density at radius 2 is 1.24 bits per heavy atom. The molecule has 108 valence electrons. The quantitative estimate of drug-likeness (QED) is 0.610. The molecule has 1 saturated carbocycles. The maximum atomic E-state index is 5.94. The van der Waals surface area contributed by atoms with Crippen LogP contribution < -0.4 is 0 Å². The Labute approximate surface area is 125 Å². The third-order valence-corrected chi connectivity index (χ3v) is 6.44. The lowest BCUT2D eigenvalue weighted by molar-refractivity contribution is -0.234. The fourth-order valence-corrected chi connectivity index (χ4v) is 5.79. The third kappa shape index (κ3) is 1.19. The van der Waals surface area contributed by atoms with Gasteiger partial charge < -0.3 is 9.47 Å². The van der Waals surface area contributed by atoms with E-state index in [-0.39, 0.29) is 0 Å². The second-order valence-electron chi connectivity index (χ2n) is 6.79. The van der Waals surface area contributed by atoms with E-state index >= 15 is 0 Å². The van der Waals surface area contributed by atoms with Crippen LogP contribution in [-0.4, -0.2) is 20.0 Å². The van der Waals surface area contributed by atoms with Crippen molar-refractivity contribution >= 4 is 0 Å². The molecular weight excluding hydrogens is 260 g/mol. The van der Waals surface area contributed by atoms with Crippen molar-refractivity contribution in [2.75, 3.05) is 14.2 Å². The molecule has 5 aliphatic carbocycles. The number of benzene rings is 1. The summed E-state index contributed by atoms with van der Waals surface area (Å²) in [6.45, 7) is 0. The highest BCUT2D eigenvalue weighted by Gasteiger charge is 2.67. The zero-order chi connectivity index (χ0) is 14.2. The van der Waals surface area contributed by atoms with E-state index in [4.69, 9.17) is 9.47 Å². The number of ether oxygens (including phenoxy) is 2. The summed E-state index contributed by atoms with van der Waals surface area (Å²) < 4.78 is 11.9. The molecule has 0 aromatic heterocycles. The van der Waals surface area contributed by atoms with Gasteiger partial charge in [-0.15, -0.1) is 0 Å². The van der Waals surface area contributed by atoms with Crippen LogP contribution in [0.1, 0.15) is 23.0 Å². The number of fused-ring (bicyclic) bond motifs is 2. The number of allylic oxidation sites excluding steroid dienone is 2. The Morgan fingerprint density at radius 3 is 1.67 bits per heavy atom. The lowest BCUT2D eigenvalue weighted by Crippen LogP contribution is -2.41. The van der Waals surface area contributed by atoms with Crippen molar-refractivity contribution in [3.63, 3.8) is 0 Å². The largest absolute Gasteiger partial charge is 0.352 e. The summed E-state index contributed by atoms with van der Waals surface area (Å²) >= 11 is 0. The van der Waals surface area contributed by atoms with Gasteiger partial charge >= 0.3 is 0 Å². The molecule has 1 aromatic rings. The van der Waals surface area contributed by atoms with Crippen molar-refractivity contribution in [3.8, 4) is 0 Å². The van der Waals surface area contributed by atoms with Gasteiger partial charge in [-0.1, -0.05) is 48.6 Å². The van der Waals surface area contributed by atoms with Crippen molar-refractivity contribution in [3.05, 3.63) is 59.7 Å². The molecule has 0 unspecified atom stereocenters. The minimum atomic E-state index is -0.445. The second-order valence-corrected chi connectivity index (χ2v) is 6.79. The first-order valence-corrected chi connectivity index (χ1v) is 7.87. The minimum Gasteiger partial charge on any atom is -0.352 e. The van der Waals surface area contributed by atoms with Crippen LogP contribution in [0.4, 0.5) is 0 Å². The molecule has 6 atom stereocenters. The van der Waals surface area contributed by atoms with Gasteiger partial charge in [-0.25, -0.2) is 0 Å². The van der Waals surface area contributed by atoms with Gasteiger partial charge in [0.1, 0.15) is 0 Å². The molecule has 0 amide bonds. The summed E-state index contributed by atoms with van der Waals surface area (Å²) in [6, 6.07) is 8.96. The number of rotatable bonds is 2. The minimum absolute atomic E-state index is 0.369. The average molecular weight is 280 g/mol. The molecule has 6 rings (SSSR count). The van der Waals surface area contributed by atoms with Crippen molar-refractivity contribution in [2.45, 2.75) is 17.6 Å². The van der Waals surface area contributed by atoms with E-state index in [1.54, 1.807) is 14.2 Å². The third-order valence-electron chi connectivity index (χ3n) is 6.44. The van der Waals surface area contributed by atoms with Gasteiger partial charge in [0, 0.05) is 37.9 Å². The molecule has 21 heavy (non-hydrogen) atoms. The summed E-state index contributed by atoms with van der Waals surface area (Å²) in [5.74, 6) is 2.55. The van der Waals surface area contributed by atoms with Crippen molar-refractivity contribution in [1.29, 1.82) is 0 Å². The Morgan fingerprint density at radius 1 is 0.762 bits per heavy atom. The van der Waals surface area contributed by atoms with E-state index in [2.05, 4.69) is 48.6 Å². The molecule has 0 saturated heterocycles. The SMILES string of the molecule is COC1(OC)[C@@H]2C=C[C@H]1[C@@H]1[C@@H]2[C@@H]2C=C[C@@H]1c1ccccc12. The standard InChI is InChI=1S/C19H20O2/c1-20-19(21-2)15-9-10-16(19)18-14-8-7-13(17(15)18)11-5-3-4-6-12(11)14/h3-10,13-18H,1-2H3/t13-,14-,15-,16+,17-,18-/m1/s1. The van der Waals surface area contributed by atoms with E-state index in [0.29, 0.717) is 35.5 Å². The van der Waals surface area contributed by atoms with Gasteiger partial charge in [0.15, 0.2) is 5.79 Å². The lowest BCUT2D eigenvalue weighted by Gasteiger charge is -2.46. The molecule has 4 bridgehead atoms. The molecule has 1 aromatic carbocycles. The predicted octanol–water partition coefficient (Wildman–Crippen LogP) is 3.47. The number of hydrogen-bond acceptors (Lipinski definition) is 2. The predicted molar refractivity (Wildman–Crippen MR) is 80.9 cm³/mol. The highest BCUT2D eigenvalue weighted by atomic mass is 16.7. The monoisotopic (exact) mass is 280 g/mol. The van der Waals surface area contributed by atoms with Crippen LogP contribution in [0.5, 0.6) is 0 Å². The summed E-state index contributed by atoms with van der Waals surface area (Å²) in [5.41, 5.74) is 3.04. The number of hydrogen-bond donors (Lipinski definition) is 0. The topological polar surface area (TPSA) is 18.5 Å². The first kappa shape index (κ1) is 12.2. The molecule has 5 aliphatic rings. The Hall–Kier alpha value is -1.38. The molecule has 2 heteroatoms. The second kappa shape index (κ2) is 3.88. The van der Waals surface area contributed by atoms with Crippen molar-refractivity contribution in [2.24, 2.45) is 23.7 Å². The molecule has 0 aliphatic heterocycles. The van der Waals surface area contributed by atoms with Gasteiger partial charge in [-0.3, -0.25) is 0 Å². The Kier molecular flexibility index (Phi) is 2.25. The smallest absolute Gasteiger partial charge is 0.180 e. The Balaban J connectivity index is 1.70. The molecule has 0 radical (unpaired) electrons. The van der Waals surface area contributed by atoms with Crippen LogP contribution in [0.15, 0.2) is 48.6 Å². The first-order chi connectivity index (χ1) is 10.3. The molecule has 0 N–H and O–H groups in total. The summed E-state index contributed by atoms with van der Waals surface area (Å²) in [4.78, 5) is 0. The van der Waals surface area contributed by atoms with Crippen LogP contribution in [-0.2, 0) is 9.47 Å². The van der Waals surface area contributed by atoms with Crippen LogP contribution in [0, 0.1) is 23.7 Å². The average Bonchev–Trinajstić information content (AvgIpc) is 3.07. The zero-order valence-corrected chi connectivity index (χ0v) is 12.4. The molecule has 2 nitrogen and oxygen atoms in total. The van der Waals surface area contributed by atoms with Crippen LogP contribution in [0.3, 0.4) is 0 Å². The maximum Gasteiger partial charge on any atom is 0.180 e. The van der Waals surface area contributed by atoms with E-state index in [9.17, 15) is 0 Å². The van der Waals surface area contributed by atoms with Gasteiger partial charge in [-0.05, 0) is 23.0 Å². The van der Waals surface area contributed by atoms with Gasteiger partial charge in [0.2, 0.25) is 0 Å². The fraction of sp³-hybridized carbons (Fsp3) is 0.474. The zero-order valence-electron chi connectivity index (χ0n) is 12.4. The highest BCUT2D eigenvalue weighted by molar-refractivity contribution is 5.49. The Bertz CT molecular complexity index is 604. The molecular formula is C19H20O2. The van der Waals surface area contributed by atoms with E-state index in [0.717, 1.165) is 0 Å². The van der Waals surface area contributed by atoms with Gasteiger partial charge in [-0.2, -0.15) is 0 Å². The highest BCUT2D eigenvalue weighted by Crippen LogP contribution is 2.68. The lowest BCUT2D eigenvalue weighted by atomic mass is 9.57. The molecule has 0 spiro atoms. The van der Waals surface area contributed by atoms with Crippen molar-refractivity contribution in [1.82, 2.24) is 0 Å². The summed E-state index contributed by atoms with van der Waals surface area (Å²) in [5, 5.41) is 0. The first-order valence-electron chi connectivity index (χ1n) is 7.87. The van der Waals surface area contributed by atoms with E-state index in [1.165, 1.54) is 11.1 Å². The van der Waals surface area contributed by atoms with Crippen LogP contribution >= 0.6 is 0 Å². The van der Waals surface area contributed by atoms with E-state index < -0.39 is 5.79 Å². The molecule has 1 fully saturated rings. The summed E-state index contributed by atoms with van der Waals surface area (Å²) in [6.07, 6.45) is 9.55. The van der Waals surface area contributed by atoms with E-state index in [1.807, 2.05) is 0 Å². The van der Waals surface area contributed by atoms with Gasteiger partial charge in [0.05, 0.1) is 0 Å². The van der Waals surface area contributed by atoms with Crippen LogP contribution in [0.25, 0.3) is 0 Å². The maximum absolute atomic E-state index is 5.94. The fourth-order valence-electron chi connectivity index (χ4n) is 5.79. The normalized spacial score (nSPS) is 43.1. The number of methoxy groups -OCH3 is 2. The summed E-state index contributed by atoms with van der Waals surface area (Å²) in [7, 11) is 3.60. The van der Waals surface area contributed by atoms with Crippen LogP contribution in [0.2, 0.25) is 0 Å².